The Hall–Kier alpha value is -4.14. The number of carbonyl (C=O) groups excluding carboxylic acids is 1. The SMILES string of the molecule is Cc1cc(NC(=O)Cc2ccc(Oc3ccnn4cc(C(=O)O)c(C)c34)cc2)no1. The van der Waals surface area contributed by atoms with Gasteiger partial charge in [-0.05, 0) is 37.1 Å². The van der Waals surface area contributed by atoms with Crippen LogP contribution in [-0.2, 0) is 11.2 Å². The summed E-state index contributed by atoms with van der Waals surface area (Å²) in [5.41, 5.74) is 2.12. The molecule has 0 saturated carbocycles. The Morgan fingerprint density at radius 1 is 1.20 bits per heavy atom. The van der Waals surface area contributed by atoms with Crippen molar-refractivity contribution in [3.05, 3.63) is 71.2 Å². The second kappa shape index (κ2) is 7.70. The van der Waals surface area contributed by atoms with E-state index in [1.807, 2.05) is 0 Å². The molecule has 4 rings (SSSR count). The van der Waals surface area contributed by atoms with Crippen LogP contribution in [0.15, 0.2) is 53.3 Å². The molecule has 0 aliphatic carbocycles. The number of benzene rings is 1. The standard InChI is InChI=1S/C21H18N4O5/c1-12-9-18(24-30-12)23-19(26)10-14-3-5-15(6-4-14)29-17-7-8-22-25-11-16(21(27)28)13(2)20(17)25/h3-9,11H,10H2,1-2H3,(H,27,28)(H,23,24,26). The van der Waals surface area contributed by atoms with E-state index < -0.39 is 5.97 Å². The van der Waals surface area contributed by atoms with Crippen molar-refractivity contribution in [3.63, 3.8) is 0 Å². The number of rotatable bonds is 6. The number of aromatic nitrogens is 3. The van der Waals surface area contributed by atoms with Crippen LogP contribution >= 0.6 is 0 Å². The number of anilines is 1. The predicted octanol–water partition coefficient (Wildman–Crippen LogP) is 3.61. The summed E-state index contributed by atoms with van der Waals surface area (Å²) in [6, 6.07) is 10.4. The number of aromatic carboxylic acids is 1. The van der Waals surface area contributed by atoms with E-state index in [1.165, 1.54) is 16.9 Å². The third-order valence-corrected chi connectivity index (χ3v) is 4.53. The van der Waals surface area contributed by atoms with Crippen molar-refractivity contribution in [2.24, 2.45) is 0 Å². The van der Waals surface area contributed by atoms with Crippen LogP contribution in [0.3, 0.4) is 0 Å². The first kappa shape index (κ1) is 19.2. The first-order valence-corrected chi connectivity index (χ1v) is 9.11. The molecule has 1 amide bonds. The molecule has 0 aliphatic heterocycles. The number of carboxylic acids is 1. The maximum Gasteiger partial charge on any atom is 0.337 e. The van der Waals surface area contributed by atoms with Crippen LogP contribution in [0.2, 0.25) is 0 Å². The molecule has 4 aromatic rings. The van der Waals surface area contributed by atoms with Crippen molar-refractivity contribution in [2.45, 2.75) is 20.3 Å². The molecule has 0 bridgehead atoms. The lowest BCUT2D eigenvalue weighted by atomic mass is 10.1. The van der Waals surface area contributed by atoms with Gasteiger partial charge in [0.25, 0.3) is 0 Å². The molecule has 0 unspecified atom stereocenters. The number of carbonyl (C=O) groups is 2. The summed E-state index contributed by atoms with van der Waals surface area (Å²) in [4.78, 5) is 23.5. The maximum atomic E-state index is 12.1. The van der Waals surface area contributed by atoms with E-state index in [0.29, 0.717) is 34.2 Å². The first-order valence-electron chi connectivity index (χ1n) is 9.11. The molecule has 0 aliphatic rings. The van der Waals surface area contributed by atoms with Crippen LogP contribution < -0.4 is 10.1 Å². The Morgan fingerprint density at radius 3 is 2.63 bits per heavy atom. The van der Waals surface area contributed by atoms with E-state index in [9.17, 15) is 14.7 Å². The third-order valence-electron chi connectivity index (χ3n) is 4.53. The number of hydrogen-bond donors (Lipinski definition) is 2. The average molecular weight is 406 g/mol. The molecular weight excluding hydrogens is 388 g/mol. The Kier molecular flexibility index (Phi) is 4.93. The Bertz CT molecular complexity index is 1240. The van der Waals surface area contributed by atoms with E-state index in [4.69, 9.17) is 9.26 Å². The fourth-order valence-corrected chi connectivity index (χ4v) is 3.12. The summed E-state index contributed by atoms with van der Waals surface area (Å²) in [5, 5.41) is 19.9. The van der Waals surface area contributed by atoms with Crippen LogP contribution in [0.4, 0.5) is 5.82 Å². The summed E-state index contributed by atoms with van der Waals surface area (Å²) in [5.74, 6) is 0.803. The summed E-state index contributed by atoms with van der Waals surface area (Å²) in [6.45, 7) is 3.46. The third kappa shape index (κ3) is 3.86. The average Bonchev–Trinajstić information content (AvgIpc) is 3.27. The van der Waals surface area contributed by atoms with Crippen molar-refractivity contribution in [1.82, 2.24) is 14.8 Å². The highest BCUT2D eigenvalue weighted by Gasteiger charge is 2.17. The first-order chi connectivity index (χ1) is 14.4. The molecule has 3 heterocycles. The zero-order valence-electron chi connectivity index (χ0n) is 16.2. The number of ether oxygens (including phenoxy) is 1. The lowest BCUT2D eigenvalue weighted by Crippen LogP contribution is -2.14. The van der Waals surface area contributed by atoms with Crippen LogP contribution in [0.1, 0.15) is 27.2 Å². The van der Waals surface area contributed by atoms with Crippen molar-refractivity contribution >= 4 is 23.2 Å². The van der Waals surface area contributed by atoms with Crippen molar-refractivity contribution in [2.75, 3.05) is 5.32 Å². The van der Waals surface area contributed by atoms with Gasteiger partial charge in [0.1, 0.15) is 17.0 Å². The predicted molar refractivity (Wildman–Crippen MR) is 107 cm³/mol. The number of carboxylic acid groups (broad SMARTS) is 1. The highest BCUT2D eigenvalue weighted by molar-refractivity contribution is 5.93. The molecule has 0 spiro atoms. The van der Waals surface area contributed by atoms with E-state index in [0.717, 1.165) is 5.56 Å². The van der Waals surface area contributed by atoms with Gasteiger partial charge in [0.05, 0.1) is 18.2 Å². The fourth-order valence-electron chi connectivity index (χ4n) is 3.12. The number of amides is 1. The molecule has 0 radical (unpaired) electrons. The minimum atomic E-state index is -1.02. The van der Waals surface area contributed by atoms with Gasteiger partial charge < -0.3 is 19.7 Å². The van der Waals surface area contributed by atoms with Gasteiger partial charge in [0, 0.05) is 18.3 Å². The zero-order chi connectivity index (χ0) is 21.3. The number of aryl methyl sites for hydroxylation is 2. The Morgan fingerprint density at radius 2 is 1.97 bits per heavy atom. The van der Waals surface area contributed by atoms with E-state index in [-0.39, 0.29) is 17.9 Å². The van der Waals surface area contributed by atoms with Crippen LogP contribution in [0.5, 0.6) is 11.5 Å². The topological polar surface area (TPSA) is 119 Å². The monoisotopic (exact) mass is 406 g/mol. The molecule has 0 atom stereocenters. The minimum Gasteiger partial charge on any atom is -0.478 e. The van der Waals surface area contributed by atoms with E-state index >= 15 is 0 Å². The van der Waals surface area contributed by atoms with Gasteiger partial charge >= 0.3 is 5.97 Å². The van der Waals surface area contributed by atoms with Crippen molar-refractivity contribution in [1.29, 1.82) is 0 Å². The smallest absolute Gasteiger partial charge is 0.337 e. The molecule has 2 N–H and O–H groups in total. The van der Waals surface area contributed by atoms with Crippen molar-refractivity contribution in [3.8, 4) is 11.5 Å². The quantitative estimate of drug-likeness (QED) is 0.502. The second-order valence-electron chi connectivity index (χ2n) is 6.76. The van der Waals surface area contributed by atoms with E-state index in [1.54, 1.807) is 50.2 Å². The molecule has 152 valence electrons. The number of nitrogens with zero attached hydrogens (tertiary/aromatic N) is 3. The second-order valence-corrected chi connectivity index (χ2v) is 6.76. The Labute approximate surface area is 170 Å². The summed E-state index contributed by atoms with van der Waals surface area (Å²) >= 11 is 0. The Balaban J connectivity index is 1.48. The number of hydrogen-bond acceptors (Lipinski definition) is 6. The molecular formula is C21H18N4O5. The fraction of sp³-hybridized carbons (Fsp3) is 0.143. The lowest BCUT2D eigenvalue weighted by molar-refractivity contribution is -0.115. The van der Waals surface area contributed by atoms with Crippen LogP contribution in [-0.4, -0.2) is 31.8 Å². The zero-order valence-corrected chi connectivity index (χ0v) is 16.2. The molecule has 3 aromatic heterocycles. The molecule has 0 saturated heterocycles. The lowest BCUT2D eigenvalue weighted by Gasteiger charge is -2.09. The molecule has 9 heteroatoms. The van der Waals surface area contributed by atoms with Gasteiger partial charge in [0.2, 0.25) is 5.91 Å². The number of nitrogens with one attached hydrogen (secondary N) is 1. The normalized spacial score (nSPS) is 10.9. The highest BCUT2D eigenvalue weighted by atomic mass is 16.5. The van der Waals surface area contributed by atoms with Gasteiger partial charge in [-0.1, -0.05) is 17.3 Å². The van der Waals surface area contributed by atoms with Crippen molar-refractivity contribution < 1.29 is 24.0 Å². The molecule has 9 nitrogen and oxygen atoms in total. The van der Waals surface area contributed by atoms with Gasteiger partial charge in [-0.2, -0.15) is 5.10 Å². The van der Waals surface area contributed by atoms with Crippen LogP contribution in [0.25, 0.3) is 5.52 Å². The van der Waals surface area contributed by atoms with Crippen LogP contribution in [0, 0.1) is 13.8 Å². The highest BCUT2D eigenvalue weighted by Crippen LogP contribution is 2.30. The summed E-state index contributed by atoms with van der Waals surface area (Å²) < 4.78 is 12.4. The minimum absolute atomic E-state index is 0.169. The summed E-state index contributed by atoms with van der Waals surface area (Å²) in [6.07, 6.45) is 3.17. The summed E-state index contributed by atoms with van der Waals surface area (Å²) in [7, 11) is 0. The number of fused-ring (bicyclic) bond motifs is 1. The van der Waals surface area contributed by atoms with E-state index in [2.05, 4.69) is 15.6 Å². The van der Waals surface area contributed by atoms with Gasteiger partial charge in [-0.25, -0.2) is 9.31 Å². The van der Waals surface area contributed by atoms with Gasteiger partial charge in [-0.15, -0.1) is 0 Å². The largest absolute Gasteiger partial charge is 0.478 e. The molecule has 1 aromatic carbocycles. The molecule has 30 heavy (non-hydrogen) atoms. The van der Waals surface area contributed by atoms with Gasteiger partial charge in [0.15, 0.2) is 11.6 Å². The van der Waals surface area contributed by atoms with Gasteiger partial charge in [-0.3, -0.25) is 4.79 Å². The molecule has 0 fully saturated rings. The maximum absolute atomic E-state index is 12.1.